The minimum Gasteiger partial charge on any atom is -0.490 e. The van der Waals surface area contributed by atoms with Crippen molar-refractivity contribution in [3.05, 3.63) is 58.6 Å². The third-order valence-corrected chi connectivity index (χ3v) is 5.71. The molecule has 152 valence electrons. The third-order valence-electron chi connectivity index (χ3n) is 5.48. The predicted molar refractivity (Wildman–Crippen MR) is 116 cm³/mol. The van der Waals surface area contributed by atoms with Gasteiger partial charge in [0.1, 0.15) is 25.0 Å². The number of nitrogens with zero attached hydrogens (tertiary/aromatic N) is 1. The quantitative estimate of drug-likeness (QED) is 0.746. The monoisotopic (exact) mass is 403 g/mol. The maximum atomic E-state index is 10.5. The number of aliphatic hydroxyl groups excluding tert-OH is 1. The summed E-state index contributed by atoms with van der Waals surface area (Å²) in [6.07, 6.45) is -0.463. The molecule has 2 aromatic carbocycles. The largest absolute Gasteiger partial charge is 0.490 e. The molecule has 0 aliphatic carbocycles. The summed E-state index contributed by atoms with van der Waals surface area (Å²) < 4.78 is 5.93. The van der Waals surface area contributed by atoms with E-state index in [1.165, 1.54) is 21.7 Å². The predicted octanol–water partition coefficient (Wildman–Crippen LogP) is 2.92. The van der Waals surface area contributed by atoms with Crippen LogP contribution in [0.1, 0.15) is 30.9 Å². The van der Waals surface area contributed by atoms with Gasteiger partial charge in [-0.3, -0.25) is 0 Å². The first-order chi connectivity index (χ1) is 13.4. The van der Waals surface area contributed by atoms with E-state index < -0.39 is 6.10 Å². The summed E-state index contributed by atoms with van der Waals surface area (Å²) >= 11 is 6.17. The second-order valence-corrected chi connectivity index (χ2v) is 8.47. The molecule has 4 nitrogen and oxygen atoms in total. The lowest BCUT2D eigenvalue weighted by Crippen LogP contribution is -3.16. The van der Waals surface area contributed by atoms with E-state index in [1.807, 2.05) is 24.3 Å². The lowest BCUT2D eigenvalue weighted by atomic mass is 10.0. The van der Waals surface area contributed by atoms with Gasteiger partial charge >= 0.3 is 0 Å². The minimum atomic E-state index is -0.463. The Labute approximate surface area is 173 Å². The first-order valence-corrected chi connectivity index (χ1v) is 10.6. The van der Waals surface area contributed by atoms with Crippen LogP contribution >= 0.6 is 11.6 Å². The Balaban J connectivity index is 1.48. The van der Waals surface area contributed by atoms with Crippen LogP contribution in [0.4, 0.5) is 5.69 Å². The van der Waals surface area contributed by atoms with E-state index in [0.717, 1.165) is 37.0 Å². The fraction of sp³-hybridized carbons (Fsp3) is 0.478. The summed E-state index contributed by atoms with van der Waals surface area (Å²) in [5.41, 5.74) is 3.67. The van der Waals surface area contributed by atoms with E-state index >= 15 is 0 Å². The average molecular weight is 404 g/mol. The Morgan fingerprint density at radius 1 is 1.14 bits per heavy atom. The van der Waals surface area contributed by atoms with Crippen LogP contribution in [0.2, 0.25) is 5.02 Å². The molecule has 1 fully saturated rings. The molecule has 5 heteroatoms. The Morgan fingerprint density at radius 3 is 2.57 bits per heavy atom. The van der Waals surface area contributed by atoms with Gasteiger partial charge in [0, 0.05) is 10.7 Å². The molecule has 2 aromatic rings. The fourth-order valence-electron chi connectivity index (χ4n) is 3.86. The van der Waals surface area contributed by atoms with Gasteiger partial charge in [-0.1, -0.05) is 49.7 Å². The van der Waals surface area contributed by atoms with Crippen molar-refractivity contribution in [3.63, 3.8) is 0 Å². The van der Waals surface area contributed by atoms with Crippen LogP contribution in [0.25, 0.3) is 0 Å². The second kappa shape index (κ2) is 9.64. The molecule has 0 aromatic heterocycles. The van der Waals surface area contributed by atoms with Gasteiger partial charge in [0.2, 0.25) is 0 Å². The van der Waals surface area contributed by atoms with Gasteiger partial charge < -0.3 is 19.6 Å². The number of quaternary nitrogens is 1. The van der Waals surface area contributed by atoms with Crippen molar-refractivity contribution in [3.8, 4) is 5.75 Å². The van der Waals surface area contributed by atoms with Gasteiger partial charge in [-0.2, -0.15) is 0 Å². The maximum Gasteiger partial charge on any atom is 0.137 e. The summed E-state index contributed by atoms with van der Waals surface area (Å²) in [5.74, 6) is 1.29. The lowest BCUT2D eigenvalue weighted by Gasteiger charge is -2.35. The molecule has 0 radical (unpaired) electrons. The summed E-state index contributed by atoms with van der Waals surface area (Å²) in [4.78, 5) is 3.82. The van der Waals surface area contributed by atoms with Gasteiger partial charge in [0.05, 0.1) is 26.2 Å². The zero-order valence-electron chi connectivity index (χ0n) is 17.1. The minimum absolute atomic E-state index is 0.338. The second-order valence-electron chi connectivity index (χ2n) is 8.03. The van der Waals surface area contributed by atoms with Gasteiger partial charge in [0.25, 0.3) is 0 Å². The van der Waals surface area contributed by atoms with Crippen molar-refractivity contribution in [2.45, 2.75) is 32.8 Å². The number of aliphatic hydroxyl groups is 1. The van der Waals surface area contributed by atoms with Crippen molar-refractivity contribution in [1.29, 1.82) is 0 Å². The van der Waals surface area contributed by atoms with E-state index in [-0.39, 0.29) is 0 Å². The van der Waals surface area contributed by atoms with E-state index in [4.69, 9.17) is 16.3 Å². The van der Waals surface area contributed by atoms with Crippen molar-refractivity contribution in [1.82, 2.24) is 0 Å². The highest BCUT2D eigenvalue weighted by Gasteiger charge is 2.24. The number of halogens is 1. The SMILES string of the molecule is Cc1ccc(Cl)cc1N1CC[NH+](C[C@H](O)COc2ccccc2C(C)C)CC1. The van der Waals surface area contributed by atoms with E-state index in [9.17, 15) is 5.11 Å². The molecule has 28 heavy (non-hydrogen) atoms. The maximum absolute atomic E-state index is 10.5. The third kappa shape index (κ3) is 5.40. The summed E-state index contributed by atoms with van der Waals surface area (Å²) in [7, 11) is 0. The van der Waals surface area contributed by atoms with Crippen molar-refractivity contribution in [2.24, 2.45) is 0 Å². The number of anilines is 1. The van der Waals surface area contributed by atoms with Crippen molar-refractivity contribution in [2.75, 3.05) is 44.2 Å². The number of nitrogens with one attached hydrogen (secondary N) is 1. The number of rotatable bonds is 7. The first-order valence-electron chi connectivity index (χ1n) is 10.2. The van der Waals surface area contributed by atoms with Crippen molar-refractivity contribution < 1.29 is 14.7 Å². The number of aryl methyl sites for hydroxylation is 1. The van der Waals surface area contributed by atoms with Crippen LogP contribution in [0.3, 0.4) is 0 Å². The standard InChI is InChI=1S/C23H31ClN2O2/c1-17(2)21-6-4-5-7-23(21)28-16-20(27)15-25-10-12-26(13-11-25)22-14-19(24)9-8-18(22)3/h4-9,14,17,20,27H,10-13,15-16H2,1-3H3/p+1/t20-/m0/s1. The molecular formula is C23H32ClN2O2+. The Hall–Kier alpha value is -1.75. The number of ether oxygens (including phenoxy) is 1. The van der Waals surface area contributed by atoms with E-state index in [2.05, 4.69) is 43.9 Å². The smallest absolute Gasteiger partial charge is 0.137 e. The molecule has 0 saturated carbocycles. The van der Waals surface area contributed by atoms with Crippen LogP contribution in [0.5, 0.6) is 5.75 Å². The lowest BCUT2D eigenvalue weighted by molar-refractivity contribution is -0.903. The van der Waals surface area contributed by atoms with Gasteiger partial charge in [-0.05, 0) is 42.2 Å². The number of hydrogen-bond acceptors (Lipinski definition) is 3. The van der Waals surface area contributed by atoms with Crippen LogP contribution in [-0.2, 0) is 0 Å². The molecule has 0 spiro atoms. The molecule has 1 aliphatic rings. The Morgan fingerprint density at radius 2 is 1.86 bits per heavy atom. The number of hydrogen-bond donors (Lipinski definition) is 2. The molecular weight excluding hydrogens is 372 g/mol. The molecule has 3 rings (SSSR count). The highest BCUT2D eigenvalue weighted by molar-refractivity contribution is 6.30. The number of benzene rings is 2. The Bertz CT molecular complexity index is 773. The van der Waals surface area contributed by atoms with Crippen LogP contribution in [-0.4, -0.2) is 50.5 Å². The molecule has 0 bridgehead atoms. The summed E-state index contributed by atoms with van der Waals surface area (Å²) in [6, 6.07) is 14.2. The summed E-state index contributed by atoms with van der Waals surface area (Å²) in [5, 5.41) is 11.3. The highest BCUT2D eigenvalue weighted by atomic mass is 35.5. The molecule has 1 aliphatic heterocycles. The molecule has 1 atom stereocenters. The zero-order chi connectivity index (χ0) is 20.1. The topological polar surface area (TPSA) is 37.1 Å². The molecule has 2 N–H and O–H groups in total. The first kappa shape index (κ1) is 21.0. The number of para-hydroxylation sites is 1. The van der Waals surface area contributed by atoms with Crippen LogP contribution < -0.4 is 14.5 Å². The molecule has 0 amide bonds. The van der Waals surface area contributed by atoms with E-state index in [1.54, 1.807) is 0 Å². The van der Waals surface area contributed by atoms with Crippen LogP contribution in [0, 0.1) is 6.92 Å². The van der Waals surface area contributed by atoms with Gasteiger partial charge in [-0.25, -0.2) is 0 Å². The molecule has 0 unspecified atom stereocenters. The molecule has 1 saturated heterocycles. The average Bonchev–Trinajstić information content (AvgIpc) is 2.69. The fourth-order valence-corrected chi connectivity index (χ4v) is 4.02. The van der Waals surface area contributed by atoms with Gasteiger partial charge in [-0.15, -0.1) is 0 Å². The van der Waals surface area contributed by atoms with Crippen LogP contribution in [0.15, 0.2) is 42.5 Å². The Kier molecular flexibility index (Phi) is 7.22. The van der Waals surface area contributed by atoms with Gasteiger partial charge in [0.15, 0.2) is 0 Å². The normalized spacial score (nSPS) is 16.4. The zero-order valence-corrected chi connectivity index (χ0v) is 17.9. The summed E-state index contributed by atoms with van der Waals surface area (Å²) in [6.45, 7) is 11.4. The highest BCUT2D eigenvalue weighted by Crippen LogP contribution is 2.26. The van der Waals surface area contributed by atoms with E-state index in [0.29, 0.717) is 19.1 Å². The molecule has 1 heterocycles. The van der Waals surface area contributed by atoms with Crippen molar-refractivity contribution >= 4 is 17.3 Å². The number of piperazine rings is 1.